The average molecular weight is 727 g/mol. The average Bonchev–Trinajstić information content (AvgIpc) is 3.95. The minimum absolute atomic E-state index is 0.275. The van der Waals surface area contributed by atoms with E-state index in [1.54, 1.807) is 23.1 Å². The van der Waals surface area contributed by atoms with Crippen molar-refractivity contribution >= 4 is 52.0 Å². The van der Waals surface area contributed by atoms with Crippen LogP contribution in [-0.4, -0.2) is 79.4 Å². The highest BCUT2D eigenvalue weighted by molar-refractivity contribution is 6.35. The SMILES string of the molecule is Clc1ccc(C2(Cn3cncn3)OCC(COc3ccc(N4CCN(c5ccc(N=C6OCCN6c6ccccc6)cc5)CC4)cc3)O2)c(Cl)c1. The third kappa shape index (κ3) is 7.48. The summed E-state index contributed by atoms with van der Waals surface area (Å²) < 4.78 is 26.4. The van der Waals surface area contributed by atoms with Crippen LogP contribution in [0.25, 0.3) is 0 Å². The molecule has 0 N–H and O–H groups in total. The molecule has 0 saturated carbocycles. The van der Waals surface area contributed by atoms with Gasteiger partial charge in [0.05, 0.1) is 23.9 Å². The number of ether oxygens (including phenoxy) is 4. The number of rotatable bonds is 10. The van der Waals surface area contributed by atoms with Crippen LogP contribution in [0.1, 0.15) is 5.56 Å². The van der Waals surface area contributed by atoms with Crippen LogP contribution in [0, 0.1) is 0 Å². The van der Waals surface area contributed by atoms with E-state index in [9.17, 15) is 0 Å². The maximum absolute atomic E-state index is 6.59. The van der Waals surface area contributed by atoms with Crippen LogP contribution in [0.5, 0.6) is 5.75 Å². The van der Waals surface area contributed by atoms with Crippen molar-refractivity contribution in [3.63, 3.8) is 0 Å². The standard InChI is InChI=1S/C38H37Cl2N7O4/c39-28-6-15-35(36(40)22-28)38(25-46-27-41-26-42-46)50-24-34(51-38)23-49-33-13-11-31(12-14-33)45-18-16-44(17-19-45)30-9-7-29(8-10-30)43-37-47(20-21-48-37)32-4-2-1-3-5-32/h1-15,22,26-27,34H,16-21,23-25H2. The zero-order valence-corrected chi connectivity index (χ0v) is 29.4. The zero-order chi connectivity index (χ0) is 34.6. The summed E-state index contributed by atoms with van der Waals surface area (Å²) in [5.41, 5.74) is 4.99. The molecule has 13 heteroatoms. The van der Waals surface area contributed by atoms with Gasteiger partial charge < -0.3 is 28.7 Å². The maximum Gasteiger partial charge on any atom is 0.297 e. The van der Waals surface area contributed by atoms with Gasteiger partial charge >= 0.3 is 0 Å². The van der Waals surface area contributed by atoms with Crippen molar-refractivity contribution in [2.24, 2.45) is 4.99 Å². The van der Waals surface area contributed by atoms with Gasteiger partial charge in [0.15, 0.2) is 0 Å². The number of benzene rings is 4. The fraction of sp³-hybridized carbons (Fsp3) is 0.289. The molecule has 1 aromatic heterocycles. The molecule has 0 radical (unpaired) electrons. The van der Waals surface area contributed by atoms with Gasteiger partial charge in [-0.3, -0.25) is 4.90 Å². The van der Waals surface area contributed by atoms with Gasteiger partial charge in [0.1, 0.15) is 44.3 Å². The highest BCUT2D eigenvalue weighted by Gasteiger charge is 2.45. The van der Waals surface area contributed by atoms with Crippen LogP contribution in [0.3, 0.4) is 0 Å². The van der Waals surface area contributed by atoms with Gasteiger partial charge in [-0.15, -0.1) is 0 Å². The Kier molecular flexibility index (Phi) is 9.68. The molecule has 262 valence electrons. The van der Waals surface area contributed by atoms with Gasteiger partial charge in [0.25, 0.3) is 6.02 Å². The van der Waals surface area contributed by atoms with Crippen molar-refractivity contribution in [1.29, 1.82) is 0 Å². The largest absolute Gasteiger partial charge is 0.491 e. The van der Waals surface area contributed by atoms with Crippen molar-refractivity contribution in [3.05, 3.63) is 125 Å². The number of piperazine rings is 1. The van der Waals surface area contributed by atoms with Crippen molar-refractivity contribution < 1.29 is 18.9 Å². The molecule has 8 rings (SSSR count). The minimum atomic E-state index is -1.15. The number of hydrogen-bond acceptors (Lipinski definition) is 9. The first-order valence-electron chi connectivity index (χ1n) is 17.0. The van der Waals surface area contributed by atoms with Gasteiger partial charge in [0.2, 0.25) is 5.79 Å². The summed E-state index contributed by atoms with van der Waals surface area (Å²) in [6.45, 7) is 6.01. The minimum Gasteiger partial charge on any atom is -0.491 e. The van der Waals surface area contributed by atoms with E-state index in [-0.39, 0.29) is 12.6 Å². The van der Waals surface area contributed by atoms with Gasteiger partial charge in [-0.25, -0.2) is 9.67 Å². The Morgan fingerprint density at radius 3 is 2.24 bits per heavy atom. The molecule has 2 unspecified atom stereocenters. The predicted octanol–water partition coefficient (Wildman–Crippen LogP) is 6.78. The normalized spacial score (nSPS) is 21.3. The summed E-state index contributed by atoms with van der Waals surface area (Å²) in [6.07, 6.45) is 2.76. The fourth-order valence-corrected chi connectivity index (χ4v) is 7.19. The molecule has 0 bridgehead atoms. The van der Waals surface area contributed by atoms with Gasteiger partial charge in [0, 0.05) is 53.8 Å². The lowest BCUT2D eigenvalue weighted by molar-refractivity contribution is -0.190. The number of para-hydroxylation sites is 1. The molecule has 2 atom stereocenters. The van der Waals surface area contributed by atoms with E-state index in [0.717, 1.165) is 55.5 Å². The van der Waals surface area contributed by atoms with Crippen molar-refractivity contribution in [1.82, 2.24) is 14.8 Å². The van der Waals surface area contributed by atoms with Gasteiger partial charge in [-0.05, 0) is 72.8 Å². The van der Waals surface area contributed by atoms with Crippen LogP contribution in [0.2, 0.25) is 10.0 Å². The topological polar surface area (TPSA) is 89.7 Å². The lowest BCUT2D eigenvalue weighted by Crippen LogP contribution is -2.46. The molecule has 4 heterocycles. The summed E-state index contributed by atoms with van der Waals surface area (Å²) in [4.78, 5) is 15.8. The molecule has 3 aliphatic heterocycles. The molecule has 51 heavy (non-hydrogen) atoms. The van der Waals surface area contributed by atoms with Crippen LogP contribution in [0.4, 0.5) is 22.7 Å². The first-order valence-corrected chi connectivity index (χ1v) is 17.7. The number of aromatic nitrogens is 3. The Morgan fingerprint density at radius 2 is 1.55 bits per heavy atom. The number of halogens is 2. The fourth-order valence-electron chi connectivity index (χ4n) is 6.64. The van der Waals surface area contributed by atoms with E-state index < -0.39 is 5.79 Å². The second-order valence-electron chi connectivity index (χ2n) is 12.5. The second kappa shape index (κ2) is 14.8. The van der Waals surface area contributed by atoms with Crippen LogP contribution in [-0.2, 0) is 26.5 Å². The summed E-state index contributed by atoms with van der Waals surface area (Å²) in [6, 6.07) is 32.8. The lowest BCUT2D eigenvalue weighted by atomic mass is 10.1. The van der Waals surface area contributed by atoms with Gasteiger partial charge in [-0.1, -0.05) is 47.5 Å². The Hall–Kier alpha value is -4.81. The maximum atomic E-state index is 6.59. The third-order valence-corrected chi connectivity index (χ3v) is 9.79. The Morgan fingerprint density at radius 1 is 0.824 bits per heavy atom. The van der Waals surface area contributed by atoms with E-state index in [1.807, 2.05) is 36.4 Å². The first kappa shape index (κ1) is 33.3. The van der Waals surface area contributed by atoms with Crippen LogP contribution < -0.4 is 19.4 Å². The van der Waals surface area contributed by atoms with Crippen molar-refractivity contribution in [2.45, 2.75) is 18.4 Å². The summed E-state index contributed by atoms with van der Waals surface area (Å²) in [7, 11) is 0. The molecule has 3 saturated heterocycles. The Bertz CT molecular complexity index is 1940. The second-order valence-corrected chi connectivity index (χ2v) is 13.4. The number of nitrogens with zero attached hydrogens (tertiary/aromatic N) is 7. The summed E-state index contributed by atoms with van der Waals surface area (Å²) in [5.74, 6) is -0.390. The van der Waals surface area contributed by atoms with E-state index >= 15 is 0 Å². The number of anilines is 3. The highest BCUT2D eigenvalue weighted by atomic mass is 35.5. The zero-order valence-electron chi connectivity index (χ0n) is 27.9. The molecule has 0 amide bonds. The van der Waals surface area contributed by atoms with Crippen LogP contribution >= 0.6 is 23.2 Å². The lowest BCUT2D eigenvalue weighted by Gasteiger charge is -2.37. The van der Waals surface area contributed by atoms with E-state index in [4.69, 9.17) is 47.1 Å². The van der Waals surface area contributed by atoms with E-state index in [2.05, 4.69) is 73.3 Å². The van der Waals surface area contributed by atoms with Gasteiger partial charge in [-0.2, -0.15) is 10.1 Å². The molecule has 3 aliphatic rings. The molecule has 0 aliphatic carbocycles. The summed E-state index contributed by atoms with van der Waals surface area (Å²) >= 11 is 12.8. The molecule has 5 aromatic rings. The molecule has 11 nitrogen and oxygen atoms in total. The molecule has 3 fully saturated rings. The monoisotopic (exact) mass is 725 g/mol. The third-order valence-electron chi connectivity index (χ3n) is 9.24. The Labute approximate surface area is 306 Å². The molecular formula is C38H37Cl2N7O4. The number of aliphatic imine (C=N–C) groups is 1. The number of amidine groups is 1. The Balaban J connectivity index is 0.838. The summed E-state index contributed by atoms with van der Waals surface area (Å²) in [5, 5.41) is 5.23. The van der Waals surface area contributed by atoms with Crippen molar-refractivity contribution in [3.8, 4) is 5.75 Å². The van der Waals surface area contributed by atoms with E-state index in [0.29, 0.717) is 41.5 Å². The quantitative estimate of drug-likeness (QED) is 0.155. The predicted molar refractivity (Wildman–Crippen MR) is 199 cm³/mol. The first-order chi connectivity index (χ1) is 25.0. The smallest absolute Gasteiger partial charge is 0.297 e. The molecule has 4 aromatic carbocycles. The molecule has 0 spiro atoms. The molecular weight excluding hydrogens is 689 g/mol. The van der Waals surface area contributed by atoms with Crippen molar-refractivity contribution in [2.75, 3.05) is 67.2 Å². The highest BCUT2D eigenvalue weighted by Crippen LogP contribution is 2.40. The van der Waals surface area contributed by atoms with E-state index in [1.165, 1.54) is 12.0 Å². The van der Waals surface area contributed by atoms with Crippen LogP contribution in [0.15, 0.2) is 115 Å². The number of hydrogen-bond donors (Lipinski definition) is 0.